The number of hydrogen-bond donors (Lipinski definition) is 1. The Kier molecular flexibility index (Phi) is 3.76. The number of nitrogens with two attached hydrogens (primary N) is 1. The Morgan fingerprint density at radius 1 is 1.56 bits per heavy atom. The normalized spacial score (nSPS) is 20.3. The Balaban J connectivity index is 2.45. The van der Waals surface area contributed by atoms with E-state index in [-0.39, 0.29) is 5.41 Å². The van der Waals surface area contributed by atoms with E-state index in [2.05, 4.69) is 31.9 Å². The summed E-state index contributed by atoms with van der Waals surface area (Å²) in [5.41, 5.74) is 7.43. The summed E-state index contributed by atoms with van der Waals surface area (Å²) in [6.07, 6.45) is 3.09. The first-order valence-corrected chi connectivity index (χ1v) is 7.65. The smallest absolute Gasteiger partial charge is 0.127 e. The maximum absolute atomic E-state index is 6.31. The highest BCUT2D eigenvalue weighted by Crippen LogP contribution is 2.37. The van der Waals surface area contributed by atoms with Gasteiger partial charge in [-0.1, -0.05) is 26.8 Å². The van der Waals surface area contributed by atoms with Crippen molar-refractivity contribution < 1.29 is 0 Å². The number of allylic oxidation sites excluding steroid dienone is 1. The number of anilines is 1. The number of thioether (sulfide) groups is 1. The molecule has 0 radical (unpaired) electrons. The first-order valence-electron chi connectivity index (χ1n) is 6.50. The van der Waals surface area contributed by atoms with Crippen LogP contribution in [-0.4, -0.2) is 21.1 Å². The zero-order valence-corrected chi connectivity index (χ0v) is 12.4. The molecule has 1 fully saturated rings. The SMILES string of the molecule is C=CCn1c(C(C)(C)C)nc(C2CCSC2)c1N. The molecule has 18 heavy (non-hydrogen) atoms. The van der Waals surface area contributed by atoms with Crippen molar-refractivity contribution in [2.24, 2.45) is 0 Å². The van der Waals surface area contributed by atoms with Gasteiger partial charge in [0.25, 0.3) is 0 Å². The second-order valence-electron chi connectivity index (χ2n) is 5.92. The quantitative estimate of drug-likeness (QED) is 0.854. The third kappa shape index (κ3) is 2.44. The zero-order chi connectivity index (χ0) is 13.3. The van der Waals surface area contributed by atoms with Crippen LogP contribution in [0.2, 0.25) is 0 Å². The third-order valence-electron chi connectivity index (χ3n) is 3.33. The number of aromatic nitrogens is 2. The molecule has 1 saturated heterocycles. The average molecular weight is 265 g/mol. The summed E-state index contributed by atoms with van der Waals surface area (Å²) in [5.74, 6) is 4.82. The van der Waals surface area contributed by atoms with E-state index in [9.17, 15) is 0 Å². The van der Waals surface area contributed by atoms with Crippen LogP contribution in [0.4, 0.5) is 5.82 Å². The van der Waals surface area contributed by atoms with E-state index in [4.69, 9.17) is 10.7 Å². The highest BCUT2D eigenvalue weighted by Gasteiger charge is 2.29. The van der Waals surface area contributed by atoms with Crippen molar-refractivity contribution in [3.8, 4) is 0 Å². The second-order valence-corrected chi connectivity index (χ2v) is 7.07. The predicted octanol–water partition coefficient (Wildman–Crippen LogP) is 3.17. The van der Waals surface area contributed by atoms with Crippen molar-refractivity contribution in [3.05, 3.63) is 24.2 Å². The highest BCUT2D eigenvalue weighted by molar-refractivity contribution is 7.99. The summed E-state index contributed by atoms with van der Waals surface area (Å²) < 4.78 is 2.12. The highest BCUT2D eigenvalue weighted by atomic mass is 32.2. The van der Waals surface area contributed by atoms with Crippen LogP contribution in [0.25, 0.3) is 0 Å². The molecule has 1 aliphatic rings. The number of nitrogen functional groups attached to an aromatic ring is 1. The summed E-state index contributed by atoms with van der Waals surface area (Å²) in [4.78, 5) is 4.86. The summed E-state index contributed by atoms with van der Waals surface area (Å²) in [7, 11) is 0. The van der Waals surface area contributed by atoms with Crippen LogP contribution in [0, 0.1) is 0 Å². The van der Waals surface area contributed by atoms with Gasteiger partial charge in [-0.25, -0.2) is 4.98 Å². The lowest BCUT2D eigenvalue weighted by Crippen LogP contribution is -2.19. The van der Waals surface area contributed by atoms with Crippen LogP contribution < -0.4 is 5.73 Å². The largest absolute Gasteiger partial charge is 0.384 e. The van der Waals surface area contributed by atoms with Crippen LogP contribution in [0.1, 0.15) is 44.6 Å². The second kappa shape index (κ2) is 5.00. The Hall–Kier alpha value is -0.900. The fourth-order valence-electron chi connectivity index (χ4n) is 2.42. The molecule has 1 aromatic heterocycles. The minimum absolute atomic E-state index is 0.0150. The van der Waals surface area contributed by atoms with Gasteiger partial charge in [0.2, 0.25) is 0 Å². The Morgan fingerprint density at radius 3 is 2.78 bits per heavy atom. The molecule has 1 aromatic rings. The van der Waals surface area contributed by atoms with Crippen LogP contribution in [0.5, 0.6) is 0 Å². The van der Waals surface area contributed by atoms with Gasteiger partial charge < -0.3 is 10.3 Å². The lowest BCUT2D eigenvalue weighted by atomic mass is 9.95. The van der Waals surface area contributed by atoms with Crippen molar-refractivity contribution in [3.63, 3.8) is 0 Å². The van der Waals surface area contributed by atoms with Crippen LogP contribution in [-0.2, 0) is 12.0 Å². The van der Waals surface area contributed by atoms with E-state index < -0.39 is 0 Å². The first-order chi connectivity index (χ1) is 8.45. The molecule has 0 amide bonds. The average Bonchev–Trinajstić information content (AvgIpc) is 2.87. The van der Waals surface area contributed by atoms with Crippen molar-refractivity contribution in [2.45, 2.75) is 45.1 Å². The monoisotopic (exact) mass is 265 g/mol. The molecule has 0 aliphatic carbocycles. The molecule has 1 atom stereocenters. The molecule has 1 unspecified atom stereocenters. The van der Waals surface area contributed by atoms with Gasteiger partial charge in [0.15, 0.2) is 0 Å². The van der Waals surface area contributed by atoms with Crippen molar-refractivity contribution in [1.29, 1.82) is 0 Å². The molecule has 0 spiro atoms. The van der Waals surface area contributed by atoms with E-state index in [0.29, 0.717) is 5.92 Å². The molecule has 2 rings (SSSR count). The minimum atomic E-state index is 0.0150. The summed E-state index contributed by atoms with van der Waals surface area (Å²) >= 11 is 2.00. The Bertz CT molecular complexity index is 437. The molecule has 0 aromatic carbocycles. The zero-order valence-electron chi connectivity index (χ0n) is 11.6. The number of hydrogen-bond acceptors (Lipinski definition) is 3. The van der Waals surface area contributed by atoms with Gasteiger partial charge in [-0.3, -0.25) is 0 Å². The fraction of sp³-hybridized carbons (Fsp3) is 0.643. The Labute approximate surface area is 114 Å². The lowest BCUT2D eigenvalue weighted by Gasteiger charge is -2.19. The van der Waals surface area contributed by atoms with Crippen LogP contribution in [0.15, 0.2) is 12.7 Å². The van der Waals surface area contributed by atoms with Gasteiger partial charge in [0.05, 0.1) is 5.69 Å². The molecular weight excluding hydrogens is 242 g/mol. The number of rotatable bonds is 3. The first kappa shape index (κ1) is 13.5. The van der Waals surface area contributed by atoms with Crippen molar-refractivity contribution >= 4 is 17.6 Å². The van der Waals surface area contributed by atoms with E-state index in [1.54, 1.807) is 0 Å². The number of nitrogens with zero attached hydrogens (tertiary/aromatic N) is 2. The van der Waals surface area contributed by atoms with Gasteiger partial charge in [-0.15, -0.1) is 6.58 Å². The van der Waals surface area contributed by atoms with E-state index in [1.807, 2.05) is 17.8 Å². The molecule has 4 heteroatoms. The molecular formula is C14H23N3S. The van der Waals surface area contributed by atoms with Crippen LogP contribution >= 0.6 is 11.8 Å². The Morgan fingerprint density at radius 2 is 2.28 bits per heavy atom. The molecule has 1 aliphatic heterocycles. The maximum Gasteiger partial charge on any atom is 0.127 e. The summed E-state index contributed by atoms with van der Waals surface area (Å²) in [5, 5.41) is 0. The van der Waals surface area contributed by atoms with Crippen molar-refractivity contribution in [2.75, 3.05) is 17.2 Å². The van der Waals surface area contributed by atoms with Gasteiger partial charge in [0.1, 0.15) is 11.6 Å². The van der Waals surface area contributed by atoms with Gasteiger partial charge in [-0.2, -0.15) is 11.8 Å². The fourth-order valence-corrected chi connectivity index (χ4v) is 3.65. The van der Waals surface area contributed by atoms with Crippen LogP contribution in [0.3, 0.4) is 0 Å². The van der Waals surface area contributed by atoms with E-state index in [0.717, 1.165) is 29.6 Å². The summed E-state index contributed by atoms with van der Waals surface area (Å²) in [6.45, 7) is 11.1. The number of imidazole rings is 1. The predicted molar refractivity (Wildman–Crippen MR) is 80.2 cm³/mol. The molecule has 0 bridgehead atoms. The van der Waals surface area contributed by atoms with Gasteiger partial charge in [0, 0.05) is 23.6 Å². The molecule has 0 saturated carbocycles. The van der Waals surface area contributed by atoms with E-state index in [1.165, 1.54) is 12.2 Å². The maximum atomic E-state index is 6.31. The topological polar surface area (TPSA) is 43.8 Å². The lowest BCUT2D eigenvalue weighted by molar-refractivity contribution is 0.514. The van der Waals surface area contributed by atoms with E-state index >= 15 is 0 Å². The third-order valence-corrected chi connectivity index (χ3v) is 4.50. The standard InChI is InChI=1S/C14H23N3S/c1-5-7-17-12(15)11(10-6-8-18-9-10)16-13(17)14(2,3)4/h5,10H,1,6-9,15H2,2-4H3. The van der Waals surface area contributed by atoms with Gasteiger partial charge in [-0.05, 0) is 12.2 Å². The summed E-state index contributed by atoms with van der Waals surface area (Å²) in [6, 6.07) is 0. The molecule has 100 valence electrons. The van der Waals surface area contributed by atoms with Gasteiger partial charge >= 0.3 is 0 Å². The van der Waals surface area contributed by atoms with Crippen molar-refractivity contribution in [1.82, 2.24) is 9.55 Å². The minimum Gasteiger partial charge on any atom is -0.384 e. The molecule has 3 nitrogen and oxygen atoms in total. The molecule has 2 N–H and O–H groups in total. The molecule has 2 heterocycles.